The van der Waals surface area contributed by atoms with Crippen molar-refractivity contribution in [2.45, 2.75) is 24.8 Å². The Morgan fingerprint density at radius 3 is 2.56 bits per heavy atom. The minimum Gasteiger partial charge on any atom is -0.468 e. The van der Waals surface area contributed by atoms with Crippen LogP contribution in [0.2, 0.25) is 5.02 Å². The molecule has 0 aliphatic carbocycles. The van der Waals surface area contributed by atoms with E-state index in [1.54, 1.807) is 4.57 Å². The van der Waals surface area contributed by atoms with Crippen molar-refractivity contribution in [3.05, 3.63) is 57.9 Å². The van der Waals surface area contributed by atoms with Crippen molar-refractivity contribution < 1.29 is 17.9 Å². The van der Waals surface area contributed by atoms with Gasteiger partial charge in [0.1, 0.15) is 6.54 Å². The number of thiazole rings is 1. The van der Waals surface area contributed by atoms with E-state index >= 15 is 0 Å². The lowest BCUT2D eigenvalue weighted by Crippen LogP contribution is -2.22. The van der Waals surface area contributed by atoms with E-state index < -0.39 is 16.0 Å². The Labute approximate surface area is 165 Å². The van der Waals surface area contributed by atoms with Crippen molar-refractivity contribution >= 4 is 49.1 Å². The zero-order chi connectivity index (χ0) is 19.6. The van der Waals surface area contributed by atoms with Crippen LogP contribution >= 0.6 is 22.9 Å². The molecule has 0 radical (unpaired) electrons. The number of esters is 1. The summed E-state index contributed by atoms with van der Waals surface area (Å²) in [4.78, 5) is 12.1. The monoisotopic (exact) mass is 424 g/mol. The predicted octanol–water partition coefficient (Wildman–Crippen LogP) is 3.38. The van der Waals surface area contributed by atoms with E-state index in [-0.39, 0.29) is 16.2 Å². The van der Waals surface area contributed by atoms with Crippen molar-refractivity contribution in [1.82, 2.24) is 4.57 Å². The molecule has 0 N–H and O–H groups in total. The number of nitrogens with zero attached hydrogens (tertiary/aromatic N) is 2. The van der Waals surface area contributed by atoms with Gasteiger partial charge in [0.15, 0.2) is 0 Å². The second kappa shape index (κ2) is 7.84. The van der Waals surface area contributed by atoms with Crippen LogP contribution in [0.15, 0.2) is 51.8 Å². The van der Waals surface area contributed by atoms with Crippen LogP contribution in [0.4, 0.5) is 0 Å². The SMILES string of the molecule is CCc1ccc2c(c1)sc(=NS(=O)(=O)c1ccc(Cl)cc1)n2CC(=O)OC. The number of rotatable bonds is 5. The third kappa shape index (κ3) is 4.23. The van der Waals surface area contributed by atoms with E-state index in [4.69, 9.17) is 16.3 Å². The molecule has 1 aromatic heterocycles. The molecule has 0 bridgehead atoms. The van der Waals surface area contributed by atoms with Gasteiger partial charge in [-0.1, -0.05) is 35.9 Å². The van der Waals surface area contributed by atoms with Gasteiger partial charge in [-0.3, -0.25) is 4.79 Å². The van der Waals surface area contributed by atoms with E-state index in [0.29, 0.717) is 5.02 Å². The second-order valence-corrected chi connectivity index (χ2v) is 8.77. The second-order valence-electron chi connectivity index (χ2n) is 5.72. The van der Waals surface area contributed by atoms with Crippen LogP contribution in [0.5, 0.6) is 0 Å². The molecule has 0 aliphatic heterocycles. The molecule has 3 rings (SSSR count). The predicted molar refractivity (Wildman–Crippen MR) is 105 cm³/mol. The molecule has 0 saturated carbocycles. The average Bonchev–Trinajstić information content (AvgIpc) is 2.97. The van der Waals surface area contributed by atoms with E-state index in [1.807, 2.05) is 25.1 Å². The number of hydrogen-bond donors (Lipinski definition) is 0. The maximum atomic E-state index is 12.7. The minimum atomic E-state index is -3.95. The fourth-order valence-corrected chi connectivity index (χ4v) is 4.94. The van der Waals surface area contributed by atoms with Gasteiger partial charge >= 0.3 is 5.97 Å². The van der Waals surface area contributed by atoms with Crippen molar-refractivity contribution in [2.75, 3.05) is 7.11 Å². The molecule has 2 aromatic carbocycles. The van der Waals surface area contributed by atoms with Crippen LogP contribution in [-0.2, 0) is 32.5 Å². The summed E-state index contributed by atoms with van der Waals surface area (Å²) in [6.45, 7) is 1.91. The summed E-state index contributed by atoms with van der Waals surface area (Å²) >= 11 is 7.04. The lowest BCUT2D eigenvalue weighted by molar-refractivity contribution is -0.141. The number of benzene rings is 2. The number of ether oxygens (including phenoxy) is 1. The highest BCUT2D eigenvalue weighted by Gasteiger charge is 2.16. The van der Waals surface area contributed by atoms with Crippen molar-refractivity contribution in [3.63, 3.8) is 0 Å². The summed E-state index contributed by atoms with van der Waals surface area (Å²) in [5.41, 5.74) is 1.84. The molecule has 0 unspecified atom stereocenters. The normalized spacial score (nSPS) is 12.5. The van der Waals surface area contributed by atoms with Gasteiger partial charge in [-0.05, 0) is 48.4 Å². The molecular formula is C18H17ClN2O4S2. The first kappa shape index (κ1) is 19.6. The maximum absolute atomic E-state index is 12.7. The molecule has 0 amide bonds. The van der Waals surface area contributed by atoms with Gasteiger partial charge in [-0.2, -0.15) is 8.42 Å². The number of sulfonamides is 1. The Morgan fingerprint density at radius 1 is 1.22 bits per heavy atom. The van der Waals surface area contributed by atoms with Gasteiger partial charge in [0.25, 0.3) is 10.0 Å². The third-order valence-electron chi connectivity index (χ3n) is 3.98. The minimum absolute atomic E-state index is 0.0308. The van der Waals surface area contributed by atoms with Crippen LogP contribution in [0.25, 0.3) is 10.2 Å². The summed E-state index contributed by atoms with van der Waals surface area (Å²) in [6, 6.07) is 11.6. The maximum Gasteiger partial charge on any atom is 0.325 e. The Kier molecular flexibility index (Phi) is 5.69. The summed E-state index contributed by atoms with van der Waals surface area (Å²) in [6.07, 6.45) is 0.848. The van der Waals surface area contributed by atoms with Crippen LogP contribution in [-0.4, -0.2) is 26.1 Å². The number of aryl methyl sites for hydroxylation is 1. The van der Waals surface area contributed by atoms with Crippen LogP contribution in [0.3, 0.4) is 0 Å². The van der Waals surface area contributed by atoms with Crippen molar-refractivity contribution in [3.8, 4) is 0 Å². The highest BCUT2D eigenvalue weighted by molar-refractivity contribution is 7.90. The molecule has 0 aliphatic rings. The van der Waals surface area contributed by atoms with E-state index in [0.717, 1.165) is 22.2 Å². The van der Waals surface area contributed by atoms with E-state index in [9.17, 15) is 13.2 Å². The highest BCUT2D eigenvalue weighted by Crippen LogP contribution is 2.21. The fourth-order valence-electron chi connectivity index (χ4n) is 2.52. The Hall–Kier alpha value is -2.16. The number of carbonyl (C=O) groups is 1. The quantitative estimate of drug-likeness (QED) is 0.588. The summed E-state index contributed by atoms with van der Waals surface area (Å²) < 4.78 is 36.5. The van der Waals surface area contributed by atoms with Crippen LogP contribution in [0.1, 0.15) is 12.5 Å². The first-order valence-corrected chi connectivity index (χ1v) is 10.7. The van der Waals surface area contributed by atoms with Crippen molar-refractivity contribution in [2.24, 2.45) is 4.40 Å². The van der Waals surface area contributed by atoms with Crippen LogP contribution in [0, 0.1) is 0 Å². The first-order chi connectivity index (χ1) is 12.8. The lowest BCUT2D eigenvalue weighted by Gasteiger charge is -2.04. The fraction of sp³-hybridized carbons (Fsp3) is 0.222. The Balaban J connectivity index is 2.21. The van der Waals surface area contributed by atoms with Gasteiger partial charge in [-0.15, -0.1) is 4.40 Å². The van der Waals surface area contributed by atoms with Crippen LogP contribution < -0.4 is 4.80 Å². The van der Waals surface area contributed by atoms with Gasteiger partial charge in [0, 0.05) is 5.02 Å². The molecule has 142 valence electrons. The first-order valence-electron chi connectivity index (χ1n) is 8.09. The number of hydrogen-bond acceptors (Lipinski definition) is 5. The molecule has 1 heterocycles. The van der Waals surface area contributed by atoms with E-state index in [1.165, 1.54) is 42.7 Å². The molecule has 27 heavy (non-hydrogen) atoms. The average molecular weight is 425 g/mol. The molecule has 0 spiro atoms. The number of halogens is 1. The van der Waals surface area contributed by atoms with Gasteiger partial charge in [0.05, 0.1) is 22.2 Å². The zero-order valence-corrected chi connectivity index (χ0v) is 17.1. The van der Waals surface area contributed by atoms with Crippen molar-refractivity contribution in [1.29, 1.82) is 0 Å². The topological polar surface area (TPSA) is 77.7 Å². The molecule has 0 fully saturated rings. The molecule has 9 heteroatoms. The largest absolute Gasteiger partial charge is 0.468 e. The summed E-state index contributed by atoms with van der Waals surface area (Å²) in [5, 5.41) is 0.434. The Bertz CT molecular complexity index is 1160. The zero-order valence-electron chi connectivity index (χ0n) is 14.7. The van der Waals surface area contributed by atoms with Gasteiger partial charge in [0.2, 0.25) is 4.80 Å². The molecule has 6 nitrogen and oxygen atoms in total. The number of fused-ring (bicyclic) bond motifs is 1. The smallest absolute Gasteiger partial charge is 0.325 e. The number of aromatic nitrogens is 1. The standard InChI is InChI=1S/C18H17ClN2O4S2/c1-3-12-4-9-15-16(10-12)26-18(21(15)11-17(22)25-2)20-27(23,24)14-7-5-13(19)6-8-14/h4-10H,3,11H2,1-2H3. The Morgan fingerprint density at radius 2 is 1.93 bits per heavy atom. The molecular weight excluding hydrogens is 408 g/mol. The molecule has 0 saturated heterocycles. The molecule has 0 atom stereocenters. The third-order valence-corrected chi connectivity index (χ3v) is 6.67. The lowest BCUT2D eigenvalue weighted by atomic mass is 10.2. The molecule has 3 aromatic rings. The highest BCUT2D eigenvalue weighted by atomic mass is 35.5. The summed E-state index contributed by atoms with van der Waals surface area (Å²) in [7, 11) is -2.67. The van der Waals surface area contributed by atoms with Gasteiger partial charge < -0.3 is 9.30 Å². The van der Waals surface area contributed by atoms with E-state index in [2.05, 4.69) is 4.40 Å². The number of carbonyl (C=O) groups excluding carboxylic acids is 1. The number of methoxy groups -OCH3 is 1. The summed E-state index contributed by atoms with van der Waals surface area (Å²) in [5.74, 6) is -0.486. The van der Waals surface area contributed by atoms with Gasteiger partial charge in [-0.25, -0.2) is 0 Å².